The van der Waals surface area contributed by atoms with Crippen LogP contribution in [0.1, 0.15) is 32.1 Å². The second kappa shape index (κ2) is 5.01. The van der Waals surface area contributed by atoms with Crippen LogP contribution in [0.4, 0.5) is 11.5 Å². The van der Waals surface area contributed by atoms with Crippen molar-refractivity contribution in [2.75, 3.05) is 17.7 Å². The summed E-state index contributed by atoms with van der Waals surface area (Å²) in [5.41, 5.74) is 1.18. The maximum atomic E-state index is 4.20. The number of hydrogen-bond acceptors (Lipinski definition) is 3. The fraction of sp³-hybridized carbons (Fsp3) is 0.583. The van der Waals surface area contributed by atoms with Gasteiger partial charge in [0, 0.05) is 31.0 Å². The molecule has 0 amide bonds. The number of hydrogen-bond donors (Lipinski definition) is 2. The molecule has 3 heteroatoms. The van der Waals surface area contributed by atoms with Gasteiger partial charge in [0.2, 0.25) is 0 Å². The van der Waals surface area contributed by atoms with Crippen molar-refractivity contribution < 1.29 is 0 Å². The molecule has 0 unspecified atom stereocenters. The van der Waals surface area contributed by atoms with E-state index in [9.17, 15) is 0 Å². The molecule has 0 spiro atoms. The minimum atomic E-state index is 0.658. The fourth-order valence-electron chi connectivity index (χ4n) is 2.14. The predicted octanol–water partition coefficient (Wildman–Crippen LogP) is 2.87. The molecular formula is C12H19N3. The number of anilines is 2. The topological polar surface area (TPSA) is 37.0 Å². The molecule has 1 aliphatic rings. The Morgan fingerprint density at radius 2 is 2.07 bits per heavy atom. The molecule has 0 atom stereocenters. The van der Waals surface area contributed by atoms with Gasteiger partial charge in [-0.2, -0.15) is 0 Å². The van der Waals surface area contributed by atoms with Gasteiger partial charge in [0.15, 0.2) is 0 Å². The number of nitrogens with zero attached hydrogens (tertiary/aromatic N) is 1. The summed E-state index contributed by atoms with van der Waals surface area (Å²) in [5, 5.41) is 6.63. The van der Waals surface area contributed by atoms with Crippen molar-refractivity contribution in [1.29, 1.82) is 0 Å². The summed E-state index contributed by atoms with van der Waals surface area (Å²) in [6, 6.07) is 4.76. The van der Waals surface area contributed by atoms with E-state index in [-0.39, 0.29) is 0 Å². The van der Waals surface area contributed by atoms with Crippen LogP contribution in [0, 0.1) is 0 Å². The van der Waals surface area contributed by atoms with Crippen molar-refractivity contribution in [3.63, 3.8) is 0 Å². The van der Waals surface area contributed by atoms with Gasteiger partial charge >= 0.3 is 0 Å². The maximum Gasteiger partial charge on any atom is 0.127 e. The standard InChI is InChI=1S/C12H19N3/c1-13-12-9-11(7-8-14-12)15-10-5-3-2-4-6-10/h7-10H,2-6H2,1H3,(H2,13,14,15). The summed E-state index contributed by atoms with van der Waals surface area (Å²) in [7, 11) is 1.90. The third kappa shape index (κ3) is 2.85. The highest BCUT2D eigenvalue weighted by atomic mass is 15.0. The van der Waals surface area contributed by atoms with Gasteiger partial charge in [0.05, 0.1) is 0 Å². The third-order valence-corrected chi connectivity index (χ3v) is 2.99. The lowest BCUT2D eigenvalue weighted by Crippen LogP contribution is -2.22. The Bertz CT molecular complexity index is 305. The Labute approximate surface area is 91.3 Å². The summed E-state index contributed by atoms with van der Waals surface area (Å²) in [5.74, 6) is 0.927. The van der Waals surface area contributed by atoms with Gasteiger partial charge in [-0.3, -0.25) is 0 Å². The monoisotopic (exact) mass is 205 g/mol. The Hall–Kier alpha value is -1.25. The average molecular weight is 205 g/mol. The number of nitrogens with one attached hydrogen (secondary N) is 2. The van der Waals surface area contributed by atoms with Crippen LogP contribution in [0.3, 0.4) is 0 Å². The van der Waals surface area contributed by atoms with E-state index in [0.717, 1.165) is 5.82 Å². The van der Waals surface area contributed by atoms with E-state index in [0.29, 0.717) is 6.04 Å². The first-order valence-electron chi connectivity index (χ1n) is 5.79. The molecule has 3 nitrogen and oxygen atoms in total. The van der Waals surface area contributed by atoms with Crippen LogP contribution >= 0.6 is 0 Å². The molecule has 0 saturated heterocycles. The molecule has 1 fully saturated rings. The summed E-state index contributed by atoms with van der Waals surface area (Å²) in [6.07, 6.45) is 8.57. The average Bonchev–Trinajstić information content (AvgIpc) is 2.31. The Kier molecular flexibility index (Phi) is 3.43. The van der Waals surface area contributed by atoms with Gasteiger partial charge in [-0.1, -0.05) is 19.3 Å². The van der Waals surface area contributed by atoms with Gasteiger partial charge in [-0.15, -0.1) is 0 Å². The van der Waals surface area contributed by atoms with Crippen LogP contribution in [0.5, 0.6) is 0 Å². The van der Waals surface area contributed by atoms with Crippen LogP contribution in [0.25, 0.3) is 0 Å². The van der Waals surface area contributed by atoms with Crippen LogP contribution in [0.15, 0.2) is 18.3 Å². The van der Waals surface area contributed by atoms with Crippen molar-refractivity contribution >= 4 is 11.5 Å². The second-order valence-corrected chi connectivity index (χ2v) is 4.16. The zero-order valence-corrected chi connectivity index (χ0v) is 9.29. The molecule has 2 N–H and O–H groups in total. The molecule has 1 aromatic heterocycles. The molecule has 1 aliphatic carbocycles. The Balaban J connectivity index is 1.96. The van der Waals surface area contributed by atoms with E-state index in [4.69, 9.17) is 0 Å². The summed E-state index contributed by atoms with van der Waals surface area (Å²) in [4.78, 5) is 4.20. The number of aromatic nitrogens is 1. The molecular weight excluding hydrogens is 186 g/mol. The zero-order valence-electron chi connectivity index (χ0n) is 9.29. The second-order valence-electron chi connectivity index (χ2n) is 4.16. The van der Waals surface area contributed by atoms with Gasteiger partial charge in [-0.05, 0) is 18.9 Å². The fourth-order valence-corrected chi connectivity index (χ4v) is 2.14. The molecule has 0 bridgehead atoms. The van der Waals surface area contributed by atoms with Crippen molar-refractivity contribution in [3.8, 4) is 0 Å². The van der Waals surface area contributed by atoms with E-state index in [1.54, 1.807) is 0 Å². The Morgan fingerprint density at radius 1 is 1.27 bits per heavy atom. The summed E-state index contributed by atoms with van der Waals surface area (Å²) in [6.45, 7) is 0. The lowest BCUT2D eigenvalue weighted by Gasteiger charge is -2.23. The SMILES string of the molecule is CNc1cc(NC2CCCCC2)ccn1. The van der Waals surface area contributed by atoms with E-state index >= 15 is 0 Å². The van der Waals surface area contributed by atoms with Crippen molar-refractivity contribution in [1.82, 2.24) is 4.98 Å². The van der Waals surface area contributed by atoms with E-state index in [1.165, 1.54) is 37.8 Å². The lowest BCUT2D eigenvalue weighted by molar-refractivity contribution is 0.463. The smallest absolute Gasteiger partial charge is 0.127 e. The molecule has 1 heterocycles. The molecule has 0 radical (unpaired) electrons. The highest BCUT2D eigenvalue weighted by Crippen LogP contribution is 2.22. The van der Waals surface area contributed by atoms with Crippen LogP contribution < -0.4 is 10.6 Å². The quantitative estimate of drug-likeness (QED) is 0.796. The predicted molar refractivity (Wildman–Crippen MR) is 64.3 cm³/mol. The Morgan fingerprint density at radius 3 is 2.80 bits per heavy atom. The molecule has 2 rings (SSSR count). The van der Waals surface area contributed by atoms with Crippen molar-refractivity contribution in [2.24, 2.45) is 0 Å². The first-order valence-corrected chi connectivity index (χ1v) is 5.79. The summed E-state index contributed by atoms with van der Waals surface area (Å²) >= 11 is 0. The summed E-state index contributed by atoms with van der Waals surface area (Å²) < 4.78 is 0. The first-order chi connectivity index (χ1) is 7.38. The van der Waals surface area contributed by atoms with E-state index in [2.05, 4.69) is 21.7 Å². The van der Waals surface area contributed by atoms with Crippen LogP contribution in [-0.4, -0.2) is 18.1 Å². The molecule has 15 heavy (non-hydrogen) atoms. The molecule has 82 valence electrons. The van der Waals surface area contributed by atoms with Gasteiger partial charge in [-0.25, -0.2) is 4.98 Å². The van der Waals surface area contributed by atoms with Crippen LogP contribution in [0.2, 0.25) is 0 Å². The van der Waals surface area contributed by atoms with E-state index < -0.39 is 0 Å². The first kappa shape index (κ1) is 10.3. The third-order valence-electron chi connectivity index (χ3n) is 2.99. The zero-order chi connectivity index (χ0) is 10.5. The number of rotatable bonds is 3. The minimum absolute atomic E-state index is 0.658. The highest BCUT2D eigenvalue weighted by Gasteiger charge is 2.12. The van der Waals surface area contributed by atoms with Crippen molar-refractivity contribution in [3.05, 3.63) is 18.3 Å². The van der Waals surface area contributed by atoms with Gasteiger partial charge < -0.3 is 10.6 Å². The normalized spacial score (nSPS) is 17.4. The maximum absolute atomic E-state index is 4.20. The molecule has 1 aromatic rings. The van der Waals surface area contributed by atoms with E-state index in [1.807, 2.05) is 19.3 Å². The van der Waals surface area contributed by atoms with Crippen molar-refractivity contribution in [2.45, 2.75) is 38.1 Å². The molecule has 1 saturated carbocycles. The van der Waals surface area contributed by atoms with Crippen LogP contribution in [-0.2, 0) is 0 Å². The highest BCUT2D eigenvalue weighted by molar-refractivity contribution is 5.52. The molecule has 0 aliphatic heterocycles. The van der Waals surface area contributed by atoms with Gasteiger partial charge in [0.25, 0.3) is 0 Å². The molecule has 0 aromatic carbocycles. The lowest BCUT2D eigenvalue weighted by atomic mass is 9.95. The minimum Gasteiger partial charge on any atom is -0.382 e. The van der Waals surface area contributed by atoms with Gasteiger partial charge in [0.1, 0.15) is 5.82 Å². The number of pyridine rings is 1. The largest absolute Gasteiger partial charge is 0.382 e.